The van der Waals surface area contributed by atoms with Gasteiger partial charge in [-0.3, -0.25) is 14.5 Å². The standard InChI is InChI=1S/C24H27N3O2S/c1-5-13-27-23(29)20(15-21(28)26-22-16(3)9-7-10-17(22)4)30-24(27)25-19-12-8-11-18(6-2)14-19/h5,7-12,14,20H,1,6,13,15H2,2-4H3,(H,26,28)/t20-/m0/s1. The minimum atomic E-state index is -0.498. The number of para-hydroxylation sites is 1. The second-order valence-corrected chi connectivity index (χ2v) is 8.45. The van der Waals surface area contributed by atoms with Crippen LogP contribution in [-0.4, -0.2) is 33.7 Å². The Balaban J connectivity index is 1.77. The average molecular weight is 422 g/mol. The number of benzene rings is 2. The Morgan fingerprint density at radius 1 is 1.23 bits per heavy atom. The molecule has 2 aromatic rings. The Morgan fingerprint density at radius 2 is 1.93 bits per heavy atom. The van der Waals surface area contributed by atoms with Gasteiger partial charge in [0.25, 0.3) is 0 Å². The van der Waals surface area contributed by atoms with Gasteiger partial charge in [0, 0.05) is 18.7 Å². The van der Waals surface area contributed by atoms with E-state index in [0.717, 1.165) is 28.9 Å². The van der Waals surface area contributed by atoms with Crippen LogP contribution >= 0.6 is 11.8 Å². The van der Waals surface area contributed by atoms with Crippen LogP contribution in [0.1, 0.15) is 30.0 Å². The molecule has 1 aliphatic rings. The van der Waals surface area contributed by atoms with Crippen LogP contribution in [0, 0.1) is 13.8 Å². The Hall–Kier alpha value is -2.86. The van der Waals surface area contributed by atoms with Gasteiger partial charge in [0.1, 0.15) is 5.25 Å². The first-order valence-electron chi connectivity index (χ1n) is 10.1. The van der Waals surface area contributed by atoms with E-state index in [-0.39, 0.29) is 18.2 Å². The molecule has 1 N–H and O–H groups in total. The minimum Gasteiger partial charge on any atom is -0.326 e. The third-order valence-corrected chi connectivity index (χ3v) is 6.17. The van der Waals surface area contributed by atoms with Crippen molar-refractivity contribution >= 4 is 40.1 Å². The van der Waals surface area contributed by atoms with Gasteiger partial charge in [-0.25, -0.2) is 4.99 Å². The van der Waals surface area contributed by atoms with Crippen molar-refractivity contribution in [1.29, 1.82) is 0 Å². The monoisotopic (exact) mass is 421 g/mol. The van der Waals surface area contributed by atoms with E-state index in [1.165, 1.54) is 17.3 Å². The summed E-state index contributed by atoms with van der Waals surface area (Å²) in [5.74, 6) is -0.284. The lowest BCUT2D eigenvalue weighted by Crippen LogP contribution is -2.33. The van der Waals surface area contributed by atoms with Crippen molar-refractivity contribution in [3.63, 3.8) is 0 Å². The molecular weight excluding hydrogens is 394 g/mol. The summed E-state index contributed by atoms with van der Waals surface area (Å²) < 4.78 is 0. The maximum absolute atomic E-state index is 12.9. The highest BCUT2D eigenvalue weighted by molar-refractivity contribution is 8.15. The van der Waals surface area contributed by atoms with Crippen molar-refractivity contribution < 1.29 is 9.59 Å². The van der Waals surface area contributed by atoms with E-state index in [0.29, 0.717) is 11.7 Å². The molecule has 2 aromatic carbocycles. The second kappa shape index (κ2) is 9.76. The summed E-state index contributed by atoms with van der Waals surface area (Å²) in [5.41, 5.74) is 4.80. The number of anilines is 1. The van der Waals surface area contributed by atoms with Crippen molar-refractivity contribution in [2.75, 3.05) is 11.9 Å². The number of aliphatic imine (C=N–C) groups is 1. The van der Waals surface area contributed by atoms with Gasteiger partial charge in [-0.05, 0) is 49.1 Å². The molecule has 0 radical (unpaired) electrons. The second-order valence-electron chi connectivity index (χ2n) is 7.28. The van der Waals surface area contributed by atoms with Crippen LogP contribution in [0.25, 0.3) is 0 Å². The van der Waals surface area contributed by atoms with E-state index < -0.39 is 5.25 Å². The summed E-state index contributed by atoms with van der Waals surface area (Å²) in [6, 6.07) is 13.8. The Morgan fingerprint density at radius 3 is 2.60 bits per heavy atom. The van der Waals surface area contributed by atoms with Gasteiger partial charge in [-0.1, -0.05) is 55.1 Å². The highest BCUT2D eigenvalue weighted by Gasteiger charge is 2.38. The fraction of sp³-hybridized carbons (Fsp3) is 0.292. The number of carbonyl (C=O) groups is 2. The van der Waals surface area contributed by atoms with Crippen molar-refractivity contribution in [2.24, 2.45) is 4.99 Å². The number of nitrogens with one attached hydrogen (secondary N) is 1. The molecule has 0 aliphatic carbocycles. The first kappa shape index (κ1) is 21.8. The first-order chi connectivity index (χ1) is 14.4. The highest BCUT2D eigenvalue weighted by Crippen LogP contribution is 2.32. The number of hydrogen-bond donors (Lipinski definition) is 1. The molecule has 6 heteroatoms. The number of rotatable bonds is 7. The third kappa shape index (κ3) is 5.00. The van der Waals surface area contributed by atoms with Crippen molar-refractivity contribution in [1.82, 2.24) is 4.90 Å². The summed E-state index contributed by atoms with van der Waals surface area (Å²) in [4.78, 5) is 31.9. The molecule has 3 rings (SSSR count). The normalized spacial score (nSPS) is 17.4. The van der Waals surface area contributed by atoms with E-state index in [9.17, 15) is 9.59 Å². The molecule has 1 aliphatic heterocycles. The van der Waals surface area contributed by atoms with Crippen LogP contribution in [0.4, 0.5) is 11.4 Å². The summed E-state index contributed by atoms with van der Waals surface area (Å²) in [6.07, 6.45) is 2.69. The molecule has 0 bridgehead atoms. The Labute approximate surface area is 182 Å². The Kier molecular flexibility index (Phi) is 7.11. The first-order valence-corrected chi connectivity index (χ1v) is 10.9. The van der Waals surface area contributed by atoms with Crippen LogP contribution in [0.5, 0.6) is 0 Å². The molecule has 30 heavy (non-hydrogen) atoms. The summed E-state index contributed by atoms with van der Waals surface area (Å²) >= 11 is 1.34. The zero-order valence-electron chi connectivity index (χ0n) is 17.6. The smallest absolute Gasteiger partial charge is 0.242 e. The van der Waals surface area contributed by atoms with Crippen LogP contribution in [0.2, 0.25) is 0 Å². The van der Waals surface area contributed by atoms with E-state index in [1.807, 2.05) is 50.2 Å². The molecule has 1 heterocycles. The predicted molar refractivity (Wildman–Crippen MR) is 125 cm³/mol. The summed E-state index contributed by atoms with van der Waals surface area (Å²) in [5, 5.41) is 3.08. The van der Waals surface area contributed by atoms with Gasteiger partial charge in [0.2, 0.25) is 11.8 Å². The minimum absolute atomic E-state index is 0.0962. The number of thioether (sulfide) groups is 1. The molecule has 1 atom stereocenters. The van der Waals surface area contributed by atoms with E-state index in [2.05, 4.69) is 24.9 Å². The molecule has 0 spiro atoms. The number of aryl methyl sites for hydroxylation is 3. The maximum Gasteiger partial charge on any atom is 0.242 e. The highest BCUT2D eigenvalue weighted by atomic mass is 32.2. The maximum atomic E-state index is 12.9. The lowest BCUT2D eigenvalue weighted by molar-refractivity contribution is -0.127. The van der Waals surface area contributed by atoms with Gasteiger partial charge < -0.3 is 5.32 Å². The van der Waals surface area contributed by atoms with Gasteiger partial charge in [-0.15, -0.1) is 6.58 Å². The third-order valence-electron chi connectivity index (χ3n) is 4.99. The van der Waals surface area contributed by atoms with Crippen LogP contribution in [0.15, 0.2) is 60.1 Å². The number of hydrogen-bond acceptors (Lipinski definition) is 4. The van der Waals surface area contributed by atoms with Crippen molar-refractivity contribution in [3.05, 3.63) is 71.8 Å². The Bertz CT molecular complexity index is 979. The average Bonchev–Trinajstić information content (AvgIpc) is 3.00. The SMILES string of the molecule is C=CCN1C(=O)[C@H](CC(=O)Nc2c(C)cccc2C)SC1=Nc1cccc(CC)c1. The van der Waals surface area contributed by atoms with Gasteiger partial charge in [-0.2, -0.15) is 0 Å². The molecule has 2 amide bonds. The molecule has 0 unspecified atom stereocenters. The summed E-state index contributed by atoms with van der Waals surface area (Å²) in [6.45, 7) is 10.1. The fourth-order valence-corrected chi connectivity index (χ4v) is 4.52. The predicted octanol–water partition coefficient (Wildman–Crippen LogP) is 5.01. The molecule has 0 saturated carbocycles. The topological polar surface area (TPSA) is 61.8 Å². The lowest BCUT2D eigenvalue weighted by atomic mass is 10.1. The van der Waals surface area contributed by atoms with Crippen LogP contribution in [-0.2, 0) is 16.0 Å². The lowest BCUT2D eigenvalue weighted by Gasteiger charge is -2.14. The molecule has 156 valence electrons. The zero-order valence-corrected chi connectivity index (χ0v) is 18.5. The van der Waals surface area contributed by atoms with E-state index in [4.69, 9.17) is 4.99 Å². The number of nitrogens with zero attached hydrogens (tertiary/aromatic N) is 2. The molecule has 1 saturated heterocycles. The fourth-order valence-electron chi connectivity index (χ4n) is 3.35. The van der Waals surface area contributed by atoms with Crippen LogP contribution < -0.4 is 5.32 Å². The zero-order chi connectivity index (χ0) is 21.7. The summed E-state index contributed by atoms with van der Waals surface area (Å²) in [7, 11) is 0. The quantitative estimate of drug-likeness (QED) is 0.639. The number of amides is 2. The van der Waals surface area contributed by atoms with Gasteiger partial charge in [0.15, 0.2) is 5.17 Å². The molecule has 0 aromatic heterocycles. The molecule has 1 fully saturated rings. The van der Waals surface area contributed by atoms with Crippen molar-refractivity contribution in [3.8, 4) is 0 Å². The molecule has 5 nitrogen and oxygen atoms in total. The number of carbonyl (C=O) groups excluding carboxylic acids is 2. The molecular formula is C24H27N3O2S. The van der Waals surface area contributed by atoms with E-state index in [1.54, 1.807) is 11.0 Å². The van der Waals surface area contributed by atoms with Gasteiger partial charge >= 0.3 is 0 Å². The van der Waals surface area contributed by atoms with E-state index >= 15 is 0 Å². The van der Waals surface area contributed by atoms with Crippen LogP contribution in [0.3, 0.4) is 0 Å². The van der Waals surface area contributed by atoms with Gasteiger partial charge in [0.05, 0.1) is 5.69 Å². The largest absolute Gasteiger partial charge is 0.326 e. The van der Waals surface area contributed by atoms with Crippen molar-refractivity contribution in [2.45, 2.75) is 38.9 Å². The number of amidine groups is 1.